The maximum atomic E-state index is 10.6. The molecule has 0 saturated carbocycles. The Morgan fingerprint density at radius 1 is 1.12 bits per heavy atom. The summed E-state index contributed by atoms with van der Waals surface area (Å²) in [5, 5.41) is 0.635. The van der Waals surface area contributed by atoms with E-state index < -0.39 is 0 Å². The number of aldehydes is 1. The molecule has 86 valence electrons. The number of benzene rings is 2. The fourth-order valence-electron chi connectivity index (χ4n) is 1.44. The largest absolute Gasteiger partial charge is 0.298 e. The van der Waals surface area contributed by atoms with E-state index in [2.05, 4.69) is 12.1 Å². The average Bonchev–Trinajstić information content (AvgIpc) is 2.38. The van der Waals surface area contributed by atoms with Crippen LogP contribution in [0.3, 0.4) is 0 Å². The van der Waals surface area contributed by atoms with Crippen molar-refractivity contribution in [3.63, 3.8) is 0 Å². The van der Waals surface area contributed by atoms with E-state index in [-0.39, 0.29) is 0 Å². The monoisotopic (exact) mass is 262 g/mol. The molecule has 3 heteroatoms. The quantitative estimate of drug-likeness (QED) is 0.598. The lowest BCUT2D eigenvalue weighted by atomic mass is 10.2. The van der Waals surface area contributed by atoms with Gasteiger partial charge in [-0.25, -0.2) is 0 Å². The van der Waals surface area contributed by atoms with Crippen LogP contribution in [0, 0.1) is 0 Å². The molecule has 0 atom stereocenters. The molecular formula is C14H11ClOS. The first-order valence-electron chi connectivity index (χ1n) is 5.21. The smallest absolute Gasteiger partial charge is 0.150 e. The molecule has 0 radical (unpaired) electrons. The minimum Gasteiger partial charge on any atom is -0.298 e. The minimum absolute atomic E-state index is 0.610. The van der Waals surface area contributed by atoms with Crippen LogP contribution in [0.25, 0.3) is 0 Å². The van der Waals surface area contributed by atoms with E-state index >= 15 is 0 Å². The van der Waals surface area contributed by atoms with Gasteiger partial charge in [-0.3, -0.25) is 4.79 Å². The van der Waals surface area contributed by atoms with Crippen LogP contribution in [0.5, 0.6) is 0 Å². The second-order valence-electron chi connectivity index (χ2n) is 3.58. The van der Waals surface area contributed by atoms with Gasteiger partial charge in [-0.2, -0.15) is 0 Å². The molecule has 2 aromatic carbocycles. The Labute approximate surface area is 110 Å². The minimum atomic E-state index is 0.610. The van der Waals surface area contributed by atoms with Gasteiger partial charge in [-0.1, -0.05) is 48.0 Å². The Bertz CT molecular complexity index is 511. The van der Waals surface area contributed by atoms with Gasteiger partial charge in [0.1, 0.15) is 6.29 Å². The summed E-state index contributed by atoms with van der Waals surface area (Å²) in [6, 6.07) is 15.6. The summed E-state index contributed by atoms with van der Waals surface area (Å²) in [6.45, 7) is 0. The number of halogens is 1. The Balaban J connectivity index is 2.07. The molecular weight excluding hydrogens is 252 g/mol. The molecule has 1 nitrogen and oxygen atoms in total. The van der Waals surface area contributed by atoms with Crippen molar-refractivity contribution < 1.29 is 4.79 Å². The van der Waals surface area contributed by atoms with Gasteiger partial charge in [0.15, 0.2) is 0 Å². The van der Waals surface area contributed by atoms with Gasteiger partial charge in [0, 0.05) is 16.2 Å². The summed E-state index contributed by atoms with van der Waals surface area (Å²) in [4.78, 5) is 11.6. The van der Waals surface area contributed by atoms with E-state index in [1.54, 1.807) is 23.9 Å². The molecule has 0 saturated heterocycles. The van der Waals surface area contributed by atoms with Gasteiger partial charge < -0.3 is 0 Å². The summed E-state index contributed by atoms with van der Waals surface area (Å²) in [7, 11) is 0. The Hall–Kier alpha value is -1.25. The summed E-state index contributed by atoms with van der Waals surface area (Å²) in [5.41, 5.74) is 1.87. The molecule has 0 fully saturated rings. The van der Waals surface area contributed by atoms with E-state index in [9.17, 15) is 4.79 Å². The van der Waals surface area contributed by atoms with E-state index in [1.807, 2.05) is 24.3 Å². The van der Waals surface area contributed by atoms with Crippen LogP contribution in [0.15, 0.2) is 53.4 Å². The van der Waals surface area contributed by atoms with Crippen molar-refractivity contribution in [1.29, 1.82) is 0 Å². The molecule has 0 spiro atoms. The van der Waals surface area contributed by atoms with Crippen molar-refractivity contribution in [2.45, 2.75) is 10.6 Å². The van der Waals surface area contributed by atoms with Crippen LogP contribution in [-0.2, 0) is 5.75 Å². The number of hydrogen-bond acceptors (Lipinski definition) is 2. The molecule has 17 heavy (non-hydrogen) atoms. The SMILES string of the molecule is O=Cc1ccc(SCc2ccccc2)c(Cl)c1. The maximum Gasteiger partial charge on any atom is 0.150 e. The highest BCUT2D eigenvalue weighted by atomic mass is 35.5. The predicted octanol–water partition coefficient (Wildman–Crippen LogP) is 4.44. The number of rotatable bonds is 4. The van der Waals surface area contributed by atoms with Crippen molar-refractivity contribution in [2.24, 2.45) is 0 Å². The lowest BCUT2D eigenvalue weighted by Crippen LogP contribution is -1.83. The van der Waals surface area contributed by atoms with Gasteiger partial charge in [0.2, 0.25) is 0 Å². The highest BCUT2D eigenvalue weighted by Gasteiger charge is 2.02. The molecule has 0 aliphatic carbocycles. The van der Waals surface area contributed by atoms with Crippen molar-refractivity contribution >= 4 is 29.6 Å². The lowest BCUT2D eigenvalue weighted by molar-refractivity contribution is 0.112. The van der Waals surface area contributed by atoms with Crippen LogP contribution in [0.4, 0.5) is 0 Å². The lowest BCUT2D eigenvalue weighted by Gasteiger charge is -2.04. The molecule has 0 aliphatic heterocycles. The summed E-state index contributed by atoms with van der Waals surface area (Å²) in [5.74, 6) is 0.876. The second-order valence-corrected chi connectivity index (χ2v) is 5.01. The molecule has 0 amide bonds. The Morgan fingerprint density at radius 2 is 1.88 bits per heavy atom. The highest BCUT2D eigenvalue weighted by molar-refractivity contribution is 7.98. The number of hydrogen-bond donors (Lipinski definition) is 0. The first-order valence-corrected chi connectivity index (χ1v) is 6.57. The summed E-state index contributed by atoms with van der Waals surface area (Å²) >= 11 is 7.77. The maximum absolute atomic E-state index is 10.6. The first kappa shape index (κ1) is 12.2. The van der Waals surface area contributed by atoms with Gasteiger partial charge in [0.25, 0.3) is 0 Å². The second kappa shape index (κ2) is 5.89. The number of thioether (sulfide) groups is 1. The van der Waals surface area contributed by atoms with E-state index in [0.29, 0.717) is 10.6 Å². The van der Waals surface area contributed by atoms with Crippen LogP contribution < -0.4 is 0 Å². The zero-order chi connectivity index (χ0) is 12.1. The molecule has 2 rings (SSSR count). The van der Waals surface area contributed by atoms with Crippen LogP contribution in [0.1, 0.15) is 15.9 Å². The van der Waals surface area contributed by atoms with Gasteiger partial charge in [0.05, 0.1) is 5.02 Å². The van der Waals surface area contributed by atoms with Crippen LogP contribution in [-0.4, -0.2) is 6.29 Å². The molecule has 0 N–H and O–H groups in total. The molecule has 0 bridgehead atoms. The van der Waals surface area contributed by atoms with Crippen molar-refractivity contribution in [3.05, 3.63) is 64.7 Å². The van der Waals surface area contributed by atoms with E-state index in [0.717, 1.165) is 16.9 Å². The topological polar surface area (TPSA) is 17.1 Å². The molecule has 0 aliphatic rings. The Morgan fingerprint density at radius 3 is 2.53 bits per heavy atom. The van der Waals surface area contributed by atoms with Crippen LogP contribution >= 0.6 is 23.4 Å². The zero-order valence-electron chi connectivity index (χ0n) is 9.10. The van der Waals surface area contributed by atoms with Gasteiger partial charge >= 0.3 is 0 Å². The standard InChI is InChI=1S/C14H11ClOS/c15-13-8-12(9-16)6-7-14(13)17-10-11-4-2-1-3-5-11/h1-9H,10H2. The van der Waals surface area contributed by atoms with Gasteiger partial charge in [-0.15, -0.1) is 11.8 Å². The van der Waals surface area contributed by atoms with Crippen molar-refractivity contribution in [3.8, 4) is 0 Å². The van der Waals surface area contributed by atoms with E-state index in [1.165, 1.54) is 5.56 Å². The zero-order valence-corrected chi connectivity index (χ0v) is 10.7. The third-order valence-corrected chi connectivity index (χ3v) is 3.90. The predicted molar refractivity (Wildman–Crippen MR) is 72.8 cm³/mol. The molecule has 2 aromatic rings. The van der Waals surface area contributed by atoms with E-state index in [4.69, 9.17) is 11.6 Å². The first-order chi connectivity index (χ1) is 8.29. The average molecular weight is 263 g/mol. The highest BCUT2D eigenvalue weighted by Crippen LogP contribution is 2.30. The fraction of sp³-hybridized carbons (Fsp3) is 0.0714. The van der Waals surface area contributed by atoms with Gasteiger partial charge in [-0.05, 0) is 17.7 Å². The van der Waals surface area contributed by atoms with Crippen molar-refractivity contribution in [1.82, 2.24) is 0 Å². The number of carbonyl (C=O) groups excluding carboxylic acids is 1. The fourth-order valence-corrected chi connectivity index (χ4v) is 2.67. The third kappa shape index (κ3) is 3.35. The summed E-state index contributed by atoms with van der Waals surface area (Å²) in [6.07, 6.45) is 0.803. The van der Waals surface area contributed by atoms with Crippen molar-refractivity contribution in [2.75, 3.05) is 0 Å². The molecule has 0 aromatic heterocycles. The third-order valence-electron chi connectivity index (χ3n) is 2.33. The molecule has 0 unspecified atom stereocenters. The number of carbonyl (C=O) groups is 1. The Kier molecular flexibility index (Phi) is 4.24. The normalized spacial score (nSPS) is 10.2. The molecule has 0 heterocycles. The van der Waals surface area contributed by atoms with Crippen LogP contribution in [0.2, 0.25) is 5.02 Å². The summed E-state index contributed by atoms with van der Waals surface area (Å²) < 4.78 is 0.